The van der Waals surface area contributed by atoms with Crippen LogP contribution in [0.15, 0.2) is 30.4 Å². The molecule has 0 amide bonds. The quantitative estimate of drug-likeness (QED) is 0.458. The summed E-state index contributed by atoms with van der Waals surface area (Å²) in [6.45, 7) is 10.5. The third-order valence-corrected chi connectivity index (χ3v) is 7.41. The maximum Gasteiger partial charge on any atom is -0.00360 e. The van der Waals surface area contributed by atoms with E-state index in [1.807, 2.05) is 0 Å². The number of unbranched alkanes of at least 4 members (excludes halogenated alkanes) is 2. The van der Waals surface area contributed by atoms with Crippen molar-refractivity contribution in [3.05, 3.63) is 47.0 Å². The van der Waals surface area contributed by atoms with Crippen molar-refractivity contribution >= 4 is 0 Å². The van der Waals surface area contributed by atoms with Gasteiger partial charge < -0.3 is 5.73 Å². The van der Waals surface area contributed by atoms with Crippen LogP contribution in [0.2, 0.25) is 0 Å². The maximum atomic E-state index is 5.63. The van der Waals surface area contributed by atoms with Crippen molar-refractivity contribution in [2.24, 2.45) is 17.1 Å². The minimum Gasteiger partial charge on any atom is -0.330 e. The van der Waals surface area contributed by atoms with Crippen LogP contribution in [-0.4, -0.2) is 6.54 Å². The van der Waals surface area contributed by atoms with Crippen molar-refractivity contribution in [1.29, 1.82) is 0 Å². The summed E-state index contributed by atoms with van der Waals surface area (Å²) < 4.78 is 0. The molecule has 1 nitrogen and oxygen atoms in total. The Balaban J connectivity index is 1.85. The van der Waals surface area contributed by atoms with Crippen LogP contribution in [0, 0.1) is 11.3 Å². The van der Waals surface area contributed by atoms with Gasteiger partial charge in [0.05, 0.1) is 0 Å². The second-order valence-corrected chi connectivity index (χ2v) is 9.63. The van der Waals surface area contributed by atoms with Crippen molar-refractivity contribution in [2.75, 3.05) is 6.54 Å². The molecule has 0 bridgehead atoms. The van der Waals surface area contributed by atoms with E-state index in [2.05, 4.69) is 58.0 Å². The smallest absolute Gasteiger partial charge is 0.00360 e. The van der Waals surface area contributed by atoms with Gasteiger partial charge in [0.2, 0.25) is 0 Å². The molecule has 1 fully saturated rings. The van der Waals surface area contributed by atoms with E-state index in [-0.39, 0.29) is 0 Å². The number of allylic oxidation sites excluding steroid dienone is 2. The first-order valence-corrected chi connectivity index (χ1v) is 10.9. The Morgan fingerprint density at radius 1 is 1.19 bits per heavy atom. The summed E-state index contributed by atoms with van der Waals surface area (Å²) in [5.41, 5.74) is 11.1. The van der Waals surface area contributed by atoms with Gasteiger partial charge in [0, 0.05) is 0 Å². The fourth-order valence-electron chi connectivity index (χ4n) is 5.88. The molecule has 2 aliphatic rings. The Morgan fingerprint density at radius 3 is 2.73 bits per heavy atom. The van der Waals surface area contributed by atoms with Gasteiger partial charge in [-0.25, -0.2) is 0 Å². The molecule has 1 heteroatoms. The Hall–Kier alpha value is -1.08. The number of nitrogens with two attached hydrogens (primary N) is 1. The predicted molar refractivity (Wildman–Crippen MR) is 114 cm³/mol. The lowest BCUT2D eigenvalue weighted by atomic mass is 9.49. The second kappa shape index (κ2) is 7.89. The van der Waals surface area contributed by atoms with Gasteiger partial charge >= 0.3 is 0 Å². The summed E-state index contributed by atoms with van der Waals surface area (Å²) in [5, 5.41) is 0. The first-order valence-electron chi connectivity index (χ1n) is 10.9. The molecule has 2 N–H and O–H groups in total. The van der Waals surface area contributed by atoms with Gasteiger partial charge in [-0.1, -0.05) is 64.5 Å². The number of fused-ring (bicyclic) bond motifs is 3. The van der Waals surface area contributed by atoms with Gasteiger partial charge in [0.1, 0.15) is 0 Å². The van der Waals surface area contributed by atoms with E-state index in [0.717, 1.165) is 18.9 Å². The minimum atomic E-state index is 0.345. The molecule has 3 atom stereocenters. The van der Waals surface area contributed by atoms with Crippen LogP contribution in [0.3, 0.4) is 0 Å². The first kappa shape index (κ1) is 19.7. The Kier molecular flexibility index (Phi) is 5.97. The van der Waals surface area contributed by atoms with E-state index in [9.17, 15) is 0 Å². The van der Waals surface area contributed by atoms with E-state index in [1.54, 1.807) is 11.1 Å². The van der Waals surface area contributed by atoms with Gasteiger partial charge in [0.25, 0.3) is 0 Å². The van der Waals surface area contributed by atoms with E-state index in [1.165, 1.54) is 50.5 Å². The summed E-state index contributed by atoms with van der Waals surface area (Å²) in [7, 11) is 0. The molecule has 1 unspecified atom stereocenters. The number of benzene rings is 1. The lowest BCUT2D eigenvalue weighted by Gasteiger charge is -2.54. The van der Waals surface area contributed by atoms with Crippen molar-refractivity contribution < 1.29 is 0 Å². The van der Waals surface area contributed by atoms with Gasteiger partial charge in [-0.15, -0.1) is 0 Å². The molecule has 2 aliphatic carbocycles. The Bertz CT molecular complexity index is 644. The topological polar surface area (TPSA) is 26.0 Å². The van der Waals surface area contributed by atoms with Crippen molar-refractivity contribution in [3.63, 3.8) is 0 Å². The Morgan fingerprint density at radius 2 is 2.00 bits per heavy atom. The standard InChI is InChI=1S/C25H39N/c1-19(2)20-10-12-22-21(18-20)11-13-23-24(3,14-7-5-6-8-17-26)15-9-16-25(22,23)4/h7,10,12,14,18-19,23H,5-6,8-9,11,13,15-17,26H2,1-4H3/b14-7-/t23?,24-,25+/m0/s1. The van der Waals surface area contributed by atoms with Gasteiger partial charge in [-0.05, 0) is 90.8 Å². The largest absolute Gasteiger partial charge is 0.330 e. The zero-order chi connectivity index (χ0) is 18.8. The molecule has 3 rings (SSSR count). The van der Waals surface area contributed by atoms with Crippen molar-refractivity contribution in [1.82, 2.24) is 0 Å². The average Bonchev–Trinajstić information content (AvgIpc) is 2.61. The fourth-order valence-corrected chi connectivity index (χ4v) is 5.88. The highest BCUT2D eigenvalue weighted by molar-refractivity contribution is 5.42. The molecule has 0 radical (unpaired) electrons. The summed E-state index contributed by atoms with van der Waals surface area (Å²) in [6, 6.07) is 7.38. The van der Waals surface area contributed by atoms with Crippen molar-refractivity contribution in [3.8, 4) is 0 Å². The third kappa shape index (κ3) is 3.65. The molecule has 0 aliphatic heterocycles. The predicted octanol–water partition coefficient (Wildman–Crippen LogP) is 6.51. The second-order valence-electron chi connectivity index (χ2n) is 9.63. The van der Waals surface area contributed by atoms with Crippen LogP contribution >= 0.6 is 0 Å². The summed E-state index contributed by atoms with van der Waals surface area (Å²) in [4.78, 5) is 0. The molecule has 0 spiro atoms. The van der Waals surface area contributed by atoms with Crippen LogP contribution < -0.4 is 5.73 Å². The molecule has 0 saturated heterocycles. The molecular formula is C25H39N. The van der Waals surface area contributed by atoms with E-state index < -0.39 is 0 Å². The highest BCUT2D eigenvalue weighted by Gasteiger charge is 2.50. The lowest BCUT2D eigenvalue weighted by Crippen LogP contribution is -2.48. The molecule has 1 saturated carbocycles. The van der Waals surface area contributed by atoms with E-state index in [4.69, 9.17) is 5.73 Å². The van der Waals surface area contributed by atoms with Gasteiger partial charge in [0.15, 0.2) is 0 Å². The van der Waals surface area contributed by atoms with Crippen LogP contribution in [0.25, 0.3) is 0 Å². The monoisotopic (exact) mass is 353 g/mol. The average molecular weight is 354 g/mol. The molecule has 1 aromatic carbocycles. The van der Waals surface area contributed by atoms with E-state index >= 15 is 0 Å². The van der Waals surface area contributed by atoms with Crippen LogP contribution in [0.5, 0.6) is 0 Å². The van der Waals surface area contributed by atoms with Crippen LogP contribution in [-0.2, 0) is 11.8 Å². The number of rotatable bonds is 6. The lowest BCUT2D eigenvalue weighted by molar-refractivity contribution is 0.0629. The van der Waals surface area contributed by atoms with Crippen molar-refractivity contribution in [2.45, 2.75) is 90.4 Å². The molecule has 0 heterocycles. The summed E-state index contributed by atoms with van der Waals surface area (Å²) in [6.07, 6.45) is 15.2. The fraction of sp³-hybridized carbons (Fsp3) is 0.680. The maximum absolute atomic E-state index is 5.63. The molecule has 26 heavy (non-hydrogen) atoms. The highest BCUT2D eigenvalue weighted by atomic mass is 14.5. The minimum absolute atomic E-state index is 0.345. The number of hydrogen-bond acceptors (Lipinski definition) is 1. The van der Waals surface area contributed by atoms with Gasteiger partial charge in [-0.3, -0.25) is 0 Å². The third-order valence-electron chi connectivity index (χ3n) is 7.41. The highest BCUT2D eigenvalue weighted by Crippen LogP contribution is 2.57. The summed E-state index contributed by atoms with van der Waals surface area (Å²) >= 11 is 0. The molecule has 1 aromatic rings. The molecular weight excluding hydrogens is 314 g/mol. The summed E-state index contributed by atoms with van der Waals surface area (Å²) in [5.74, 6) is 1.39. The SMILES string of the molecule is CC(C)c1ccc2c(c1)CCC1[C@@](C)(/C=C\CCCCN)CCC[C@]21C. The molecule has 0 aromatic heterocycles. The molecule has 144 valence electrons. The normalized spacial score (nSPS) is 31.2. The zero-order valence-electron chi connectivity index (χ0n) is 17.5. The van der Waals surface area contributed by atoms with Crippen LogP contribution in [0.1, 0.15) is 95.2 Å². The Labute approximate surface area is 161 Å². The zero-order valence-corrected chi connectivity index (χ0v) is 17.5. The number of aryl methyl sites for hydroxylation is 1. The first-order chi connectivity index (χ1) is 12.4. The number of hydrogen-bond donors (Lipinski definition) is 1. The van der Waals surface area contributed by atoms with Crippen LogP contribution in [0.4, 0.5) is 0 Å². The van der Waals surface area contributed by atoms with Gasteiger partial charge in [-0.2, -0.15) is 0 Å². The van der Waals surface area contributed by atoms with E-state index in [0.29, 0.717) is 16.7 Å².